The van der Waals surface area contributed by atoms with Gasteiger partial charge >= 0.3 is 5.97 Å². The highest BCUT2D eigenvalue weighted by Gasteiger charge is 2.12. The van der Waals surface area contributed by atoms with Gasteiger partial charge in [0.15, 0.2) is 6.61 Å². The van der Waals surface area contributed by atoms with Crippen molar-refractivity contribution in [2.75, 3.05) is 18.5 Å². The summed E-state index contributed by atoms with van der Waals surface area (Å²) in [5.74, 6) is -1.60. The predicted molar refractivity (Wildman–Crippen MR) is 99.3 cm³/mol. The molecule has 2 amide bonds. The van der Waals surface area contributed by atoms with E-state index in [0.717, 1.165) is 11.1 Å². The molecule has 0 aliphatic carbocycles. The average Bonchev–Trinajstić information content (AvgIpc) is 2.61. The minimum atomic E-state index is -0.664. The Bertz CT molecular complexity index is 836. The number of carbonyl (C=O) groups is 3. The molecule has 0 atom stereocenters. The van der Waals surface area contributed by atoms with Crippen LogP contribution in [0.25, 0.3) is 0 Å². The van der Waals surface area contributed by atoms with Crippen molar-refractivity contribution < 1.29 is 19.1 Å². The average molecular weight is 375 g/mol. The number of hydrogen-bond donors (Lipinski definition) is 2. The number of rotatable bonds is 6. The highest BCUT2D eigenvalue weighted by Crippen LogP contribution is 2.17. The number of carbonyl (C=O) groups excluding carboxylic acids is 3. The van der Waals surface area contributed by atoms with Gasteiger partial charge in [-0.25, -0.2) is 4.79 Å². The van der Waals surface area contributed by atoms with Crippen LogP contribution in [0.2, 0.25) is 5.02 Å². The van der Waals surface area contributed by atoms with Gasteiger partial charge in [-0.2, -0.15) is 0 Å². The van der Waals surface area contributed by atoms with Gasteiger partial charge < -0.3 is 15.4 Å². The van der Waals surface area contributed by atoms with Crippen molar-refractivity contribution in [2.24, 2.45) is 0 Å². The third-order valence-electron chi connectivity index (χ3n) is 3.72. The molecule has 0 fully saturated rings. The van der Waals surface area contributed by atoms with Crippen LogP contribution in [0.3, 0.4) is 0 Å². The Labute approximate surface area is 156 Å². The molecule has 0 radical (unpaired) electrons. The minimum Gasteiger partial charge on any atom is -0.452 e. The van der Waals surface area contributed by atoms with Crippen LogP contribution in [0.15, 0.2) is 42.5 Å². The number of nitrogens with one attached hydrogen (secondary N) is 2. The number of hydrogen-bond acceptors (Lipinski definition) is 4. The predicted octanol–water partition coefficient (Wildman–Crippen LogP) is 2.87. The summed E-state index contributed by atoms with van der Waals surface area (Å²) >= 11 is 5.79. The van der Waals surface area contributed by atoms with E-state index in [1.54, 1.807) is 18.2 Å². The van der Waals surface area contributed by atoms with Gasteiger partial charge in [-0.3, -0.25) is 9.59 Å². The number of benzene rings is 2. The van der Waals surface area contributed by atoms with Crippen molar-refractivity contribution in [3.05, 3.63) is 64.2 Å². The Morgan fingerprint density at radius 2 is 1.77 bits per heavy atom. The smallest absolute Gasteiger partial charge is 0.338 e. The van der Waals surface area contributed by atoms with E-state index in [4.69, 9.17) is 16.3 Å². The molecule has 0 aliphatic heterocycles. The van der Waals surface area contributed by atoms with E-state index in [1.807, 2.05) is 26.0 Å². The van der Waals surface area contributed by atoms with E-state index < -0.39 is 18.5 Å². The molecule has 0 heterocycles. The molecule has 2 N–H and O–H groups in total. The number of ether oxygens (including phenoxy) is 1. The lowest BCUT2D eigenvalue weighted by Gasteiger charge is -2.11. The third-order valence-corrected chi connectivity index (χ3v) is 3.95. The Hall–Kier alpha value is -2.86. The molecule has 0 unspecified atom stereocenters. The summed E-state index contributed by atoms with van der Waals surface area (Å²) in [7, 11) is 0. The first-order valence-corrected chi connectivity index (χ1v) is 8.30. The zero-order valence-electron chi connectivity index (χ0n) is 14.5. The molecule has 6 nitrogen and oxygen atoms in total. The molecule has 0 aliphatic rings. The maximum Gasteiger partial charge on any atom is 0.338 e. The number of esters is 1. The molecule has 0 aromatic heterocycles. The lowest BCUT2D eigenvalue weighted by Crippen LogP contribution is -2.35. The van der Waals surface area contributed by atoms with E-state index in [9.17, 15) is 14.4 Å². The van der Waals surface area contributed by atoms with E-state index >= 15 is 0 Å². The standard InChI is InChI=1S/C19H19ClN2O4/c1-12-5-3-8-16(13(12)2)22-17(23)10-21-18(24)11-26-19(25)14-6-4-7-15(20)9-14/h3-9H,10-11H2,1-2H3,(H,21,24)(H,22,23). The van der Waals surface area contributed by atoms with Crippen molar-refractivity contribution >= 4 is 35.1 Å². The highest BCUT2D eigenvalue weighted by atomic mass is 35.5. The van der Waals surface area contributed by atoms with Crippen molar-refractivity contribution in [2.45, 2.75) is 13.8 Å². The zero-order chi connectivity index (χ0) is 19.1. The fourth-order valence-electron chi connectivity index (χ4n) is 2.14. The van der Waals surface area contributed by atoms with Gasteiger partial charge in [-0.05, 0) is 49.2 Å². The lowest BCUT2D eigenvalue weighted by molar-refractivity contribution is -0.126. The monoisotopic (exact) mass is 374 g/mol. The summed E-state index contributed by atoms with van der Waals surface area (Å²) in [4.78, 5) is 35.5. The lowest BCUT2D eigenvalue weighted by atomic mass is 10.1. The second-order valence-electron chi connectivity index (χ2n) is 5.66. The molecule has 7 heteroatoms. The van der Waals surface area contributed by atoms with Crippen LogP contribution in [-0.2, 0) is 14.3 Å². The molecule has 0 saturated heterocycles. The fourth-order valence-corrected chi connectivity index (χ4v) is 2.33. The van der Waals surface area contributed by atoms with E-state index in [0.29, 0.717) is 10.7 Å². The van der Waals surface area contributed by atoms with Crippen LogP contribution in [-0.4, -0.2) is 30.9 Å². The van der Waals surface area contributed by atoms with Gasteiger partial charge in [-0.15, -0.1) is 0 Å². The minimum absolute atomic E-state index is 0.221. The van der Waals surface area contributed by atoms with Gasteiger partial charge in [0.25, 0.3) is 5.91 Å². The van der Waals surface area contributed by atoms with Crippen molar-refractivity contribution in [1.29, 1.82) is 0 Å². The highest BCUT2D eigenvalue weighted by molar-refractivity contribution is 6.30. The van der Waals surface area contributed by atoms with Gasteiger partial charge in [0.1, 0.15) is 0 Å². The summed E-state index contributed by atoms with van der Waals surface area (Å²) < 4.78 is 4.89. The number of halogens is 1. The maximum atomic E-state index is 11.9. The van der Waals surface area contributed by atoms with Crippen LogP contribution < -0.4 is 10.6 Å². The summed E-state index contributed by atoms with van der Waals surface area (Å²) in [6.45, 7) is 3.14. The molecule has 2 rings (SSSR count). The Balaban J connectivity index is 1.77. The Morgan fingerprint density at radius 1 is 1.04 bits per heavy atom. The van der Waals surface area contributed by atoms with Crippen molar-refractivity contribution in [3.63, 3.8) is 0 Å². The van der Waals surface area contributed by atoms with E-state index in [-0.39, 0.29) is 18.0 Å². The Kier molecular flexibility index (Phi) is 6.74. The van der Waals surface area contributed by atoms with E-state index in [2.05, 4.69) is 10.6 Å². The second kappa shape index (κ2) is 9.01. The Morgan fingerprint density at radius 3 is 2.50 bits per heavy atom. The largest absolute Gasteiger partial charge is 0.452 e. The van der Waals surface area contributed by atoms with Gasteiger partial charge in [0.05, 0.1) is 12.1 Å². The third kappa shape index (κ3) is 5.60. The number of aryl methyl sites for hydroxylation is 1. The molecular weight excluding hydrogens is 356 g/mol. The van der Waals surface area contributed by atoms with Crippen LogP contribution in [0.4, 0.5) is 5.69 Å². The zero-order valence-corrected chi connectivity index (χ0v) is 15.2. The summed E-state index contributed by atoms with van der Waals surface area (Å²) in [6.07, 6.45) is 0. The second-order valence-corrected chi connectivity index (χ2v) is 6.10. The van der Waals surface area contributed by atoms with Crippen LogP contribution in [0.5, 0.6) is 0 Å². The normalized spacial score (nSPS) is 10.1. The first-order chi connectivity index (χ1) is 12.4. The molecule has 0 saturated carbocycles. The number of amides is 2. The van der Waals surface area contributed by atoms with Crippen molar-refractivity contribution in [1.82, 2.24) is 5.32 Å². The molecular formula is C19H19ClN2O4. The van der Waals surface area contributed by atoms with Crippen LogP contribution in [0, 0.1) is 13.8 Å². The quantitative estimate of drug-likeness (QED) is 0.761. The van der Waals surface area contributed by atoms with Gasteiger partial charge in [0.2, 0.25) is 5.91 Å². The summed E-state index contributed by atoms with van der Waals surface area (Å²) in [5.41, 5.74) is 2.96. The molecule has 0 spiro atoms. The maximum absolute atomic E-state index is 11.9. The first kappa shape index (κ1) is 19.5. The van der Waals surface area contributed by atoms with E-state index in [1.165, 1.54) is 12.1 Å². The molecule has 136 valence electrons. The fraction of sp³-hybridized carbons (Fsp3) is 0.211. The summed E-state index contributed by atoms with van der Waals surface area (Å²) in [6, 6.07) is 11.8. The van der Waals surface area contributed by atoms with Crippen LogP contribution >= 0.6 is 11.6 Å². The first-order valence-electron chi connectivity index (χ1n) is 7.92. The van der Waals surface area contributed by atoms with Crippen LogP contribution in [0.1, 0.15) is 21.5 Å². The van der Waals surface area contributed by atoms with Crippen molar-refractivity contribution in [3.8, 4) is 0 Å². The van der Waals surface area contributed by atoms with Gasteiger partial charge in [0, 0.05) is 10.7 Å². The SMILES string of the molecule is Cc1cccc(NC(=O)CNC(=O)COC(=O)c2cccc(Cl)c2)c1C. The molecule has 0 bridgehead atoms. The number of anilines is 1. The topological polar surface area (TPSA) is 84.5 Å². The molecule has 2 aromatic carbocycles. The molecule has 26 heavy (non-hydrogen) atoms. The van der Waals surface area contributed by atoms with Gasteiger partial charge in [-0.1, -0.05) is 29.8 Å². The summed E-state index contributed by atoms with van der Waals surface area (Å²) in [5, 5.41) is 5.52. The molecule has 2 aromatic rings.